The second-order valence-electron chi connectivity index (χ2n) is 1.91. The van der Waals surface area contributed by atoms with Crippen LogP contribution in [0.4, 0.5) is 0 Å². The molecule has 0 unspecified atom stereocenters. The molecule has 3 heteroatoms. The number of nitrogens with two attached hydrogens (primary N) is 1. The van der Waals surface area contributed by atoms with Gasteiger partial charge in [0.05, 0.1) is 0 Å². The first-order valence-electron chi connectivity index (χ1n) is 3.10. The van der Waals surface area contributed by atoms with Gasteiger partial charge in [-0.1, -0.05) is 24.3 Å². The molecule has 2 aliphatic carbocycles. The van der Waals surface area contributed by atoms with Gasteiger partial charge in [0.15, 0.2) is 5.78 Å². The molecule has 0 saturated heterocycles. The third-order valence-corrected chi connectivity index (χ3v) is 1.41. The second kappa shape index (κ2) is 3.85. The van der Waals surface area contributed by atoms with E-state index in [9.17, 15) is 4.79 Å². The van der Waals surface area contributed by atoms with Gasteiger partial charge in [-0.25, -0.2) is 0 Å². The van der Waals surface area contributed by atoms with Crippen LogP contribution in [0.5, 0.6) is 0 Å². The van der Waals surface area contributed by atoms with E-state index >= 15 is 0 Å². The molecule has 0 aromatic carbocycles. The standard InChI is InChI=1S/C7H4O.CH5N.H3N/c8-7-5-1-2-6(7)4-3-5;1-2;/h1-4H;2H2,1H3;1H3. The molecule has 11 heavy (non-hydrogen) atoms. The fraction of sp³-hybridized carbons (Fsp3) is 0.125. The predicted molar refractivity (Wildman–Crippen MR) is 45.4 cm³/mol. The Balaban J connectivity index is 0.000000311. The SMILES string of the molecule is CN.N.O=C1C2=CC=C1C=C2. The monoisotopic (exact) mass is 152 g/mol. The molecule has 0 aliphatic heterocycles. The first-order valence-corrected chi connectivity index (χ1v) is 3.10. The van der Waals surface area contributed by atoms with Crippen molar-refractivity contribution >= 4 is 5.78 Å². The number of hydrogen-bond acceptors (Lipinski definition) is 3. The van der Waals surface area contributed by atoms with E-state index in [0.29, 0.717) is 0 Å². The molecule has 2 rings (SSSR count). The number of carbonyl (C=O) groups excluding carboxylic acids is 1. The van der Waals surface area contributed by atoms with Crippen molar-refractivity contribution in [3.05, 3.63) is 35.5 Å². The van der Waals surface area contributed by atoms with Gasteiger partial charge >= 0.3 is 0 Å². The number of fused-ring (bicyclic) bond motifs is 2. The summed E-state index contributed by atoms with van der Waals surface area (Å²) in [5.41, 5.74) is 6.17. The maximum atomic E-state index is 10.8. The number of allylic oxidation sites excluding steroid dienone is 6. The first-order chi connectivity index (χ1) is 4.88. The predicted octanol–water partition coefficient (Wildman–Crippen LogP) is 0.729. The van der Waals surface area contributed by atoms with Crippen LogP contribution in [0.2, 0.25) is 0 Å². The Morgan fingerprint density at radius 1 is 1.09 bits per heavy atom. The molecule has 2 aliphatic rings. The van der Waals surface area contributed by atoms with E-state index in [0.717, 1.165) is 11.1 Å². The summed E-state index contributed by atoms with van der Waals surface area (Å²) in [5, 5.41) is 0. The van der Waals surface area contributed by atoms with E-state index < -0.39 is 0 Å². The average Bonchev–Trinajstić information content (AvgIpc) is 2.53. The maximum Gasteiger partial charge on any atom is 0.193 e. The van der Waals surface area contributed by atoms with Crippen LogP contribution in [0.3, 0.4) is 0 Å². The van der Waals surface area contributed by atoms with E-state index in [1.54, 1.807) is 0 Å². The van der Waals surface area contributed by atoms with Crippen LogP contribution in [0, 0.1) is 0 Å². The molecular formula is C8H12N2O. The van der Waals surface area contributed by atoms with E-state index in [2.05, 4.69) is 5.73 Å². The van der Waals surface area contributed by atoms with Gasteiger partial charge in [0.1, 0.15) is 0 Å². The van der Waals surface area contributed by atoms with Crippen LogP contribution in [-0.2, 0) is 4.79 Å². The van der Waals surface area contributed by atoms with E-state index in [1.165, 1.54) is 7.05 Å². The molecule has 0 aromatic rings. The molecule has 0 radical (unpaired) electrons. The van der Waals surface area contributed by atoms with Gasteiger partial charge < -0.3 is 11.9 Å². The number of rotatable bonds is 0. The van der Waals surface area contributed by atoms with E-state index in [1.807, 2.05) is 24.3 Å². The molecule has 3 nitrogen and oxygen atoms in total. The highest BCUT2D eigenvalue weighted by Crippen LogP contribution is 2.23. The van der Waals surface area contributed by atoms with Crippen LogP contribution < -0.4 is 11.9 Å². The molecule has 0 spiro atoms. The van der Waals surface area contributed by atoms with Crippen molar-refractivity contribution in [3.63, 3.8) is 0 Å². The van der Waals surface area contributed by atoms with Crippen molar-refractivity contribution < 1.29 is 4.79 Å². The third-order valence-electron chi connectivity index (χ3n) is 1.41. The van der Waals surface area contributed by atoms with Crippen LogP contribution in [0.15, 0.2) is 35.5 Å². The van der Waals surface area contributed by atoms with Crippen LogP contribution in [0.25, 0.3) is 0 Å². The van der Waals surface area contributed by atoms with Crippen LogP contribution >= 0.6 is 0 Å². The van der Waals surface area contributed by atoms with Gasteiger partial charge in [-0.15, -0.1) is 0 Å². The van der Waals surface area contributed by atoms with Gasteiger partial charge in [0, 0.05) is 11.1 Å². The van der Waals surface area contributed by atoms with E-state index in [-0.39, 0.29) is 11.9 Å². The molecule has 60 valence electrons. The molecule has 0 fully saturated rings. The van der Waals surface area contributed by atoms with Crippen molar-refractivity contribution in [2.75, 3.05) is 7.05 Å². The fourth-order valence-corrected chi connectivity index (χ4v) is 0.940. The van der Waals surface area contributed by atoms with Crippen molar-refractivity contribution in [1.29, 1.82) is 0 Å². The van der Waals surface area contributed by atoms with Crippen molar-refractivity contribution in [2.24, 2.45) is 5.73 Å². The van der Waals surface area contributed by atoms with Crippen LogP contribution in [-0.4, -0.2) is 12.8 Å². The van der Waals surface area contributed by atoms with Gasteiger partial charge in [-0.3, -0.25) is 4.79 Å². The lowest BCUT2D eigenvalue weighted by atomic mass is 10.2. The number of Topliss-reactive ketones (excluding diaryl/α,β-unsaturated/α-hetero) is 1. The summed E-state index contributed by atoms with van der Waals surface area (Å²) in [6, 6.07) is 0. The summed E-state index contributed by atoms with van der Waals surface area (Å²) in [5.74, 6) is 0.185. The zero-order chi connectivity index (χ0) is 7.56. The van der Waals surface area contributed by atoms with Crippen molar-refractivity contribution in [1.82, 2.24) is 6.15 Å². The Labute approximate surface area is 65.9 Å². The zero-order valence-corrected chi connectivity index (χ0v) is 6.50. The Hall–Kier alpha value is -1.19. The number of hydrogen-bond donors (Lipinski definition) is 2. The largest absolute Gasteiger partial charge is 0.344 e. The molecule has 0 amide bonds. The quantitative estimate of drug-likeness (QED) is 0.537. The molecule has 5 N–H and O–H groups in total. The van der Waals surface area contributed by atoms with Gasteiger partial charge in [0.25, 0.3) is 0 Å². The Bertz CT molecular complexity index is 225. The molecule has 0 heterocycles. The summed E-state index contributed by atoms with van der Waals surface area (Å²) in [4.78, 5) is 10.8. The van der Waals surface area contributed by atoms with E-state index in [4.69, 9.17) is 0 Å². The molecular weight excluding hydrogens is 140 g/mol. The highest BCUT2D eigenvalue weighted by atomic mass is 16.1. The van der Waals surface area contributed by atoms with Crippen molar-refractivity contribution in [2.45, 2.75) is 0 Å². The summed E-state index contributed by atoms with van der Waals surface area (Å²) in [7, 11) is 1.50. The summed E-state index contributed by atoms with van der Waals surface area (Å²) in [6.07, 6.45) is 7.38. The molecule has 0 aromatic heterocycles. The fourth-order valence-electron chi connectivity index (χ4n) is 0.940. The minimum Gasteiger partial charge on any atom is -0.344 e. The Kier molecular flexibility index (Phi) is 3.44. The maximum absolute atomic E-state index is 10.8. The minimum atomic E-state index is 0. The normalized spacial score (nSPS) is 16.4. The summed E-state index contributed by atoms with van der Waals surface area (Å²) >= 11 is 0. The molecule has 0 saturated carbocycles. The highest BCUT2D eigenvalue weighted by molar-refractivity contribution is 6.17. The summed E-state index contributed by atoms with van der Waals surface area (Å²) < 4.78 is 0. The third kappa shape index (κ3) is 1.45. The topological polar surface area (TPSA) is 78.1 Å². The second-order valence-corrected chi connectivity index (χ2v) is 1.91. The van der Waals surface area contributed by atoms with Gasteiger partial charge in [-0.05, 0) is 7.05 Å². The zero-order valence-electron chi connectivity index (χ0n) is 6.50. The highest BCUT2D eigenvalue weighted by Gasteiger charge is 2.19. The average molecular weight is 152 g/mol. The first kappa shape index (κ1) is 9.81. The Morgan fingerprint density at radius 3 is 1.55 bits per heavy atom. The lowest BCUT2D eigenvalue weighted by Gasteiger charge is -1.78. The molecule has 0 atom stereocenters. The summed E-state index contributed by atoms with van der Waals surface area (Å²) in [6.45, 7) is 0. The lowest BCUT2D eigenvalue weighted by molar-refractivity contribution is -0.111. The molecule has 2 bridgehead atoms. The van der Waals surface area contributed by atoms with Gasteiger partial charge in [0.2, 0.25) is 0 Å². The lowest BCUT2D eigenvalue weighted by Crippen LogP contribution is -1.89. The smallest absolute Gasteiger partial charge is 0.193 e. The van der Waals surface area contributed by atoms with Crippen LogP contribution in [0.1, 0.15) is 0 Å². The van der Waals surface area contributed by atoms with Gasteiger partial charge in [-0.2, -0.15) is 0 Å². The number of carbonyl (C=O) groups is 1. The Morgan fingerprint density at radius 2 is 1.45 bits per heavy atom. The van der Waals surface area contributed by atoms with Crippen molar-refractivity contribution in [3.8, 4) is 0 Å². The minimum absolute atomic E-state index is 0. The number of ketones is 1.